The number of rotatable bonds is 3. The number of terminal acetylenes is 1. The van der Waals surface area contributed by atoms with E-state index < -0.39 is 0 Å². The fraction of sp³-hybridized carbons (Fsp3) is 0.385. The molecule has 0 aliphatic carbocycles. The van der Waals surface area contributed by atoms with Gasteiger partial charge in [0.15, 0.2) is 0 Å². The molecule has 0 aliphatic heterocycles. The first-order valence-corrected chi connectivity index (χ1v) is 5.30. The van der Waals surface area contributed by atoms with Crippen LogP contribution in [0.4, 0.5) is 0 Å². The molecule has 0 heterocycles. The Hall–Kier alpha value is -0.970. The van der Waals surface area contributed by atoms with Crippen molar-refractivity contribution < 1.29 is 0 Å². The standard InChI is InChI=1S/C13H16ClN/c1-5-13(3,4)15-9-11-7-6-10(2)8-12(11)14/h1,6-8,15H,9H2,2-4H3. The van der Waals surface area contributed by atoms with Gasteiger partial charge in [-0.3, -0.25) is 5.32 Å². The number of hydrogen-bond donors (Lipinski definition) is 1. The van der Waals surface area contributed by atoms with Gasteiger partial charge in [0.25, 0.3) is 0 Å². The van der Waals surface area contributed by atoms with Gasteiger partial charge in [0.05, 0.1) is 5.54 Å². The Kier molecular flexibility index (Phi) is 3.79. The summed E-state index contributed by atoms with van der Waals surface area (Å²) in [4.78, 5) is 0. The lowest BCUT2D eigenvalue weighted by Gasteiger charge is -2.20. The second-order valence-electron chi connectivity index (χ2n) is 4.22. The highest BCUT2D eigenvalue weighted by Gasteiger charge is 2.12. The molecule has 1 rings (SSSR count). The molecule has 0 spiro atoms. The summed E-state index contributed by atoms with van der Waals surface area (Å²) in [5, 5.41) is 4.05. The summed E-state index contributed by atoms with van der Waals surface area (Å²) >= 11 is 6.11. The number of nitrogens with one attached hydrogen (secondary N) is 1. The van der Waals surface area contributed by atoms with Crippen LogP contribution in [0.15, 0.2) is 18.2 Å². The molecule has 0 saturated carbocycles. The van der Waals surface area contributed by atoms with Crippen LogP contribution >= 0.6 is 11.6 Å². The molecule has 1 aromatic carbocycles. The molecule has 0 aliphatic rings. The van der Waals surface area contributed by atoms with Gasteiger partial charge in [0.1, 0.15) is 0 Å². The van der Waals surface area contributed by atoms with Gasteiger partial charge in [0.2, 0.25) is 0 Å². The quantitative estimate of drug-likeness (QED) is 0.774. The predicted octanol–water partition coefficient (Wildman–Crippen LogP) is 3.15. The van der Waals surface area contributed by atoms with Crippen LogP contribution in [0.25, 0.3) is 0 Å². The van der Waals surface area contributed by atoms with Crippen molar-refractivity contribution in [2.24, 2.45) is 0 Å². The maximum Gasteiger partial charge on any atom is 0.0743 e. The normalized spacial score (nSPS) is 11.1. The maximum atomic E-state index is 6.11. The summed E-state index contributed by atoms with van der Waals surface area (Å²) in [5.74, 6) is 2.69. The average molecular weight is 222 g/mol. The van der Waals surface area contributed by atoms with Gasteiger partial charge >= 0.3 is 0 Å². The van der Waals surface area contributed by atoms with Gasteiger partial charge in [-0.15, -0.1) is 6.42 Å². The Morgan fingerprint density at radius 1 is 1.47 bits per heavy atom. The van der Waals surface area contributed by atoms with Crippen molar-refractivity contribution >= 4 is 11.6 Å². The van der Waals surface area contributed by atoms with Crippen molar-refractivity contribution in [3.05, 3.63) is 34.3 Å². The van der Waals surface area contributed by atoms with E-state index in [2.05, 4.69) is 11.2 Å². The molecule has 2 heteroatoms. The van der Waals surface area contributed by atoms with Gasteiger partial charge in [-0.2, -0.15) is 0 Å². The summed E-state index contributed by atoms with van der Waals surface area (Å²) in [6, 6.07) is 6.03. The molecule has 15 heavy (non-hydrogen) atoms. The smallest absolute Gasteiger partial charge is 0.0743 e. The SMILES string of the molecule is C#CC(C)(C)NCc1ccc(C)cc1Cl. The molecule has 1 N–H and O–H groups in total. The van der Waals surface area contributed by atoms with Crippen molar-refractivity contribution in [1.29, 1.82) is 0 Å². The minimum absolute atomic E-state index is 0.297. The van der Waals surface area contributed by atoms with E-state index in [1.54, 1.807) is 0 Å². The number of aryl methyl sites for hydroxylation is 1. The van der Waals surface area contributed by atoms with Crippen molar-refractivity contribution in [2.75, 3.05) is 0 Å². The molecular weight excluding hydrogens is 206 g/mol. The van der Waals surface area contributed by atoms with Gasteiger partial charge in [-0.1, -0.05) is 29.7 Å². The molecule has 0 bridgehead atoms. The molecule has 80 valence electrons. The average Bonchev–Trinajstić information content (AvgIpc) is 2.16. The van der Waals surface area contributed by atoms with Crippen LogP contribution in [0.3, 0.4) is 0 Å². The van der Waals surface area contributed by atoms with E-state index in [1.807, 2.05) is 39.0 Å². The first-order chi connectivity index (χ1) is 6.94. The summed E-state index contributed by atoms with van der Waals surface area (Å²) in [6.45, 7) is 6.65. The zero-order valence-corrected chi connectivity index (χ0v) is 10.2. The molecule has 0 atom stereocenters. The molecule has 0 aromatic heterocycles. The van der Waals surface area contributed by atoms with Gasteiger partial charge in [0, 0.05) is 11.6 Å². The van der Waals surface area contributed by atoms with Crippen molar-refractivity contribution in [3.8, 4) is 12.3 Å². The van der Waals surface area contributed by atoms with Crippen LogP contribution in [0.1, 0.15) is 25.0 Å². The fourth-order valence-corrected chi connectivity index (χ4v) is 1.46. The first-order valence-electron chi connectivity index (χ1n) is 4.92. The van der Waals surface area contributed by atoms with Crippen LogP contribution in [0.5, 0.6) is 0 Å². The zero-order chi connectivity index (χ0) is 11.5. The van der Waals surface area contributed by atoms with Gasteiger partial charge in [-0.25, -0.2) is 0 Å². The van der Waals surface area contributed by atoms with E-state index in [-0.39, 0.29) is 5.54 Å². The van der Waals surface area contributed by atoms with Crippen LogP contribution in [0, 0.1) is 19.3 Å². The summed E-state index contributed by atoms with van der Waals surface area (Å²) in [7, 11) is 0. The highest BCUT2D eigenvalue weighted by Crippen LogP contribution is 2.18. The topological polar surface area (TPSA) is 12.0 Å². The third-order valence-corrected chi connectivity index (χ3v) is 2.64. The second kappa shape index (κ2) is 4.70. The molecule has 0 fully saturated rings. The lowest BCUT2D eigenvalue weighted by Crippen LogP contribution is -2.36. The lowest BCUT2D eigenvalue weighted by atomic mass is 10.1. The lowest BCUT2D eigenvalue weighted by molar-refractivity contribution is 0.491. The van der Waals surface area contributed by atoms with Gasteiger partial charge in [-0.05, 0) is 38.0 Å². The van der Waals surface area contributed by atoms with Crippen molar-refractivity contribution in [2.45, 2.75) is 32.9 Å². The Labute approximate surface area is 96.8 Å². The number of hydrogen-bond acceptors (Lipinski definition) is 1. The minimum atomic E-state index is -0.297. The molecular formula is C13H16ClN. The molecule has 0 radical (unpaired) electrons. The fourth-order valence-electron chi connectivity index (χ4n) is 1.16. The maximum absolute atomic E-state index is 6.11. The van der Waals surface area contributed by atoms with Crippen LogP contribution in [-0.4, -0.2) is 5.54 Å². The summed E-state index contributed by atoms with van der Waals surface area (Å²) < 4.78 is 0. The number of benzene rings is 1. The van der Waals surface area contributed by atoms with Crippen LogP contribution in [-0.2, 0) is 6.54 Å². The first kappa shape index (κ1) is 12.1. The Bertz CT molecular complexity index is 388. The van der Waals surface area contributed by atoms with E-state index in [0.717, 1.165) is 10.6 Å². The second-order valence-corrected chi connectivity index (χ2v) is 4.62. The molecule has 0 unspecified atom stereocenters. The highest BCUT2D eigenvalue weighted by molar-refractivity contribution is 6.31. The number of halogens is 1. The van der Waals surface area contributed by atoms with Crippen LogP contribution in [0.2, 0.25) is 5.02 Å². The molecule has 0 saturated heterocycles. The molecule has 1 aromatic rings. The molecule has 1 nitrogen and oxygen atoms in total. The molecule has 0 amide bonds. The van der Waals surface area contributed by atoms with E-state index in [4.69, 9.17) is 18.0 Å². The van der Waals surface area contributed by atoms with E-state index in [9.17, 15) is 0 Å². The van der Waals surface area contributed by atoms with E-state index in [1.165, 1.54) is 5.56 Å². The van der Waals surface area contributed by atoms with E-state index in [0.29, 0.717) is 6.54 Å². The Balaban J connectivity index is 2.71. The van der Waals surface area contributed by atoms with Crippen molar-refractivity contribution in [3.63, 3.8) is 0 Å². The minimum Gasteiger partial charge on any atom is -0.297 e. The summed E-state index contributed by atoms with van der Waals surface area (Å²) in [5.41, 5.74) is 1.94. The highest BCUT2D eigenvalue weighted by atomic mass is 35.5. The largest absolute Gasteiger partial charge is 0.297 e. The van der Waals surface area contributed by atoms with E-state index >= 15 is 0 Å². The third kappa shape index (κ3) is 3.58. The monoisotopic (exact) mass is 221 g/mol. The Morgan fingerprint density at radius 3 is 2.67 bits per heavy atom. The third-order valence-electron chi connectivity index (χ3n) is 2.29. The Morgan fingerprint density at radius 2 is 2.13 bits per heavy atom. The van der Waals surface area contributed by atoms with Gasteiger partial charge < -0.3 is 0 Å². The summed E-state index contributed by atoms with van der Waals surface area (Å²) in [6.07, 6.45) is 5.39. The zero-order valence-electron chi connectivity index (χ0n) is 9.39. The van der Waals surface area contributed by atoms with Crippen LogP contribution < -0.4 is 5.32 Å². The van der Waals surface area contributed by atoms with Crippen molar-refractivity contribution in [1.82, 2.24) is 5.32 Å². The predicted molar refractivity (Wildman–Crippen MR) is 65.9 cm³/mol.